The molecular weight excluding hydrogens is 326 g/mol. The summed E-state index contributed by atoms with van der Waals surface area (Å²) in [6.07, 6.45) is 0. The summed E-state index contributed by atoms with van der Waals surface area (Å²) in [6.45, 7) is 0. The number of aromatic hydroxyl groups is 1. The quantitative estimate of drug-likeness (QED) is 0.621. The first-order chi connectivity index (χ1) is 10.7. The molecule has 0 aliphatic carbocycles. The highest BCUT2D eigenvalue weighted by Gasteiger charge is 2.19. The Morgan fingerprint density at radius 3 is 2.26 bits per heavy atom. The van der Waals surface area contributed by atoms with Gasteiger partial charge in [-0.05, 0) is 30.3 Å². The lowest BCUT2D eigenvalue weighted by molar-refractivity contribution is 0.0698. The minimum Gasteiger partial charge on any atom is -0.507 e. The third-order valence-corrected chi connectivity index (χ3v) is 3.77. The number of hydrogen-bond donors (Lipinski definition) is 4. The van der Waals surface area contributed by atoms with Crippen LogP contribution >= 0.6 is 0 Å². The second-order valence-corrected chi connectivity index (χ2v) is 5.88. The summed E-state index contributed by atoms with van der Waals surface area (Å²) in [4.78, 5) is 22.7. The first kappa shape index (κ1) is 16.5. The number of anilines is 1. The molecule has 2 aromatic rings. The van der Waals surface area contributed by atoms with E-state index in [2.05, 4.69) is 5.32 Å². The van der Waals surface area contributed by atoms with Gasteiger partial charge in [0.25, 0.3) is 16.0 Å². The summed E-state index contributed by atoms with van der Waals surface area (Å²) in [7, 11) is -4.56. The van der Waals surface area contributed by atoms with Gasteiger partial charge in [0.05, 0.1) is 21.7 Å². The zero-order chi connectivity index (χ0) is 17.2. The Hall–Kier alpha value is -2.91. The molecule has 0 saturated carbocycles. The molecule has 0 unspecified atom stereocenters. The van der Waals surface area contributed by atoms with Crippen molar-refractivity contribution in [3.63, 3.8) is 0 Å². The molecule has 0 atom stereocenters. The number of phenols is 1. The monoisotopic (exact) mass is 337 g/mol. The van der Waals surface area contributed by atoms with E-state index in [4.69, 9.17) is 9.66 Å². The summed E-state index contributed by atoms with van der Waals surface area (Å²) in [6, 6.07) is 8.21. The third-order valence-electron chi connectivity index (χ3n) is 2.92. The van der Waals surface area contributed by atoms with Gasteiger partial charge in [0.1, 0.15) is 5.75 Å². The highest BCUT2D eigenvalue weighted by atomic mass is 32.2. The van der Waals surface area contributed by atoms with Crippen molar-refractivity contribution in [3.05, 3.63) is 53.6 Å². The Labute approximate surface area is 130 Å². The van der Waals surface area contributed by atoms with Crippen LogP contribution in [-0.2, 0) is 10.1 Å². The van der Waals surface area contributed by atoms with Crippen LogP contribution in [0.2, 0.25) is 0 Å². The van der Waals surface area contributed by atoms with E-state index in [0.29, 0.717) is 0 Å². The fraction of sp³-hybridized carbons (Fsp3) is 0. The normalized spacial score (nSPS) is 11.0. The zero-order valence-corrected chi connectivity index (χ0v) is 12.2. The molecule has 4 N–H and O–H groups in total. The van der Waals surface area contributed by atoms with Crippen LogP contribution in [-0.4, -0.2) is 35.1 Å². The van der Waals surface area contributed by atoms with Gasteiger partial charge in [0.15, 0.2) is 0 Å². The number of carbonyl (C=O) groups excluding carboxylic acids is 1. The van der Waals surface area contributed by atoms with E-state index in [1.54, 1.807) is 0 Å². The van der Waals surface area contributed by atoms with Crippen molar-refractivity contribution in [3.8, 4) is 5.75 Å². The average Bonchev–Trinajstić information content (AvgIpc) is 2.46. The molecule has 0 fully saturated rings. The molecule has 0 radical (unpaired) electrons. The first-order valence-corrected chi connectivity index (χ1v) is 7.58. The van der Waals surface area contributed by atoms with E-state index >= 15 is 0 Å². The van der Waals surface area contributed by atoms with Crippen LogP contribution in [0.5, 0.6) is 5.75 Å². The van der Waals surface area contributed by atoms with Gasteiger partial charge >= 0.3 is 5.97 Å². The second kappa shape index (κ2) is 6.07. The molecule has 0 saturated heterocycles. The Balaban J connectivity index is 2.41. The maximum absolute atomic E-state index is 12.1. The Kier molecular flexibility index (Phi) is 4.34. The minimum atomic E-state index is -4.56. The molecule has 2 rings (SSSR count). The van der Waals surface area contributed by atoms with Crippen molar-refractivity contribution in [2.75, 3.05) is 5.32 Å². The number of phenolic OH excluding ortho intramolecular Hbond substituents is 1. The van der Waals surface area contributed by atoms with E-state index in [1.807, 2.05) is 0 Å². The molecule has 0 aromatic heterocycles. The van der Waals surface area contributed by atoms with E-state index in [0.717, 1.165) is 18.2 Å². The summed E-state index contributed by atoms with van der Waals surface area (Å²) in [5.74, 6) is -2.72. The molecule has 0 heterocycles. The number of rotatable bonds is 4. The minimum absolute atomic E-state index is 0.0262. The number of hydrogen-bond acceptors (Lipinski definition) is 5. The van der Waals surface area contributed by atoms with Crippen LogP contribution < -0.4 is 5.32 Å². The fourth-order valence-corrected chi connectivity index (χ4v) is 2.33. The molecule has 23 heavy (non-hydrogen) atoms. The standard InChI is InChI=1S/C14H11NO7S/c16-12-6-5-8(23(20,21)22)7-10(12)13(17)15-11-4-2-1-3-9(11)14(18)19/h1-7,16H,(H,15,17)(H,18,19)(H,20,21,22). The number of para-hydroxylation sites is 1. The van der Waals surface area contributed by atoms with Gasteiger partial charge in [0.2, 0.25) is 0 Å². The van der Waals surface area contributed by atoms with Crippen molar-refractivity contribution in [2.45, 2.75) is 4.90 Å². The Morgan fingerprint density at radius 1 is 1.00 bits per heavy atom. The molecule has 0 aliphatic rings. The molecule has 2 aromatic carbocycles. The number of carboxylic acid groups (broad SMARTS) is 1. The lowest BCUT2D eigenvalue weighted by Crippen LogP contribution is -2.15. The summed E-state index contributed by atoms with van der Waals surface area (Å²) in [5.41, 5.74) is -0.631. The van der Waals surface area contributed by atoms with Crippen molar-refractivity contribution in [2.24, 2.45) is 0 Å². The van der Waals surface area contributed by atoms with Crippen LogP contribution in [0.25, 0.3) is 0 Å². The highest BCUT2D eigenvalue weighted by molar-refractivity contribution is 7.85. The van der Waals surface area contributed by atoms with Gasteiger partial charge in [-0.3, -0.25) is 9.35 Å². The van der Waals surface area contributed by atoms with Crippen LogP contribution in [0.4, 0.5) is 5.69 Å². The lowest BCUT2D eigenvalue weighted by Gasteiger charge is -2.10. The molecular formula is C14H11NO7S. The van der Waals surface area contributed by atoms with Gasteiger partial charge in [-0.2, -0.15) is 8.42 Å². The predicted octanol–water partition coefficient (Wildman–Crippen LogP) is 1.59. The molecule has 1 amide bonds. The second-order valence-electron chi connectivity index (χ2n) is 4.46. The zero-order valence-electron chi connectivity index (χ0n) is 11.4. The Bertz CT molecular complexity index is 890. The highest BCUT2D eigenvalue weighted by Crippen LogP contribution is 2.23. The number of aromatic carboxylic acids is 1. The number of amides is 1. The van der Waals surface area contributed by atoms with Crippen LogP contribution in [0.15, 0.2) is 47.4 Å². The number of carboxylic acids is 1. The smallest absolute Gasteiger partial charge is 0.337 e. The fourth-order valence-electron chi connectivity index (χ4n) is 1.83. The van der Waals surface area contributed by atoms with Gasteiger partial charge in [-0.1, -0.05) is 12.1 Å². The van der Waals surface area contributed by atoms with Crippen LogP contribution in [0.1, 0.15) is 20.7 Å². The van der Waals surface area contributed by atoms with Gasteiger partial charge in [-0.25, -0.2) is 4.79 Å². The lowest BCUT2D eigenvalue weighted by atomic mass is 10.1. The number of benzene rings is 2. The number of carbonyl (C=O) groups is 2. The van der Waals surface area contributed by atoms with Crippen molar-refractivity contribution >= 4 is 27.7 Å². The van der Waals surface area contributed by atoms with Gasteiger partial charge in [-0.15, -0.1) is 0 Å². The van der Waals surface area contributed by atoms with Crippen LogP contribution in [0.3, 0.4) is 0 Å². The van der Waals surface area contributed by atoms with Gasteiger partial charge < -0.3 is 15.5 Å². The van der Waals surface area contributed by atoms with E-state index in [1.165, 1.54) is 24.3 Å². The van der Waals surface area contributed by atoms with E-state index < -0.39 is 38.2 Å². The Morgan fingerprint density at radius 2 is 1.65 bits per heavy atom. The third kappa shape index (κ3) is 3.65. The maximum Gasteiger partial charge on any atom is 0.337 e. The average molecular weight is 337 g/mol. The largest absolute Gasteiger partial charge is 0.507 e. The molecule has 0 aliphatic heterocycles. The SMILES string of the molecule is O=C(Nc1ccccc1C(=O)O)c1cc(S(=O)(=O)O)ccc1O. The maximum atomic E-state index is 12.1. The molecule has 0 bridgehead atoms. The molecule has 0 spiro atoms. The topological polar surface area (TPSA) is 141 Å². The van der Waals surface area contributed by atoms with Crippen LogP contribution in [0, 0.1) is 0 Å². The number of nitrogens with one attached hydrogen (secondary N) is 1. The molecule has 120 valence electrons. The summed E-state index contributed by atoms with van der Waals surface area (Å²) < 4.78 is 31.1. The van der Waals surface area contributed by atoms with Crippen molar-refractivity contribution in [1.82, 2.24) is 0 Å². The van der Waals surface area contributed by atoms with Crippen molar-refractivity contribution in [1.29, 1.82) is 0 Å². The van der Waals surface area contributed by atoms with E-state index in [-0.39, 0.29) is 11.3 Å². The molecule has 8 nitrogen and oxygen atoms in total. The molecule has 9 heteroatoms. The van der Waals surface area contributed by atoms with E-state index in [9.17, 15) is 23.1 Å². The summed E-state index contributed by atoms with van der Waals surface area (Å²) >= 11 is 0. The predicted molar refractivity (Wildman–Crippen MR) is 79.3 cm³/mol. The van der Waals surface area contributed by atoms with Crippen molar-refractivity contribution < 1.29 is 32.8 Å². The summed E-state index contributed by atoms with van der Waals surface area (Å²) in [5, 5.41) is 21.0. The first-order valence-electron chi connectivity index (χ1n) is 6.14. The van der Waals surface area contributed by atoms with Gasteiger partial charge in [0, 0.05) is 0 Å².